The largest absolute Gasteiger partial charge is 0.486 e. The number of nitrogens with one attached hydrogen (secondary N) is 1. The first-order valence-corrected chi connectivity index (χ1v) is 9.03. The number of carbonyl (C=O) groups excluding carboxylic acids is 1. The minimum Gasteiger partial charge on any atom is -0.486 e. The maximum Gasteiger partial charge on any atom is 0.251 e. The third-order valence-corrected chi connectivity index (χ3v) is 5.02. The molecule has 130 valence electrons. The number of hydrogen-bond acceptors (Lipinski definition) is 3. The number of benzene rings is 2. The number of rotatable bonds is 3. The van der Waals surface area contributed by atoms with Gasteiger partial charge in [0, 0.05) is 5.56 Å². The first-order valence-electron chi connectivity index (χ1n) is 9.03. The smallest absolute Gasteiger partial charge is 0.251 e. The molecule has 25 heavy (non-hydrogen) atoms. The van der Waals surface area contributed by atoms with Gasteiger partial charge in [0.15, 0.2) is 11.5 Å². The second-order valence-electron chi connectivity index (χ2n) is 6.79. The average molecular weight is 337 g/mol. The van der Waals surface area contributed by atoms with E-state index < -0.39 is 0 Å². The van der Waals surface area contributed by atoms with Crippen LogP contribution < -0.4 is 14.8 Å². The Balaban J connectivity index is 1.48. The number of amides is 1. The fraction of sp³-hybridized carbons (Fsp3) is 0.381. The molecule has 0 fully saturated rings. The Bertz CT molecular complexity index is 800. The van der Waals surface area contributed by atoms with Gasteiger partial charge in [0.05, 0.1) is 6.04 Å². The van der Waals surface area contributed by atoms with Crippen molar-refractivity contribution in [3.63, 3.8) is 0 Å². The molecule has 1 amide bonds. The molecule has 0 bridgehead atoms. The van der Waals surface area contributed by atoms with Gasteiger partial charge in [-0.2, -0.15) is 0 Å². The van der Waals surface area contributed by atoms with Crippen LogP contribution in [0.4, 0.5) is 0 Å². The van der Waals surface area contributed by atoms with Crippen LogP contribution in [0.1, 0.15) is 52.9 Å². The number of ether oxygens (including phenoxy) is 2. The van der Waals surface area contributed by atoms with E-state index >= 15 is 0 Å². The Morgan fingerprint density at radius 3 is 2.56 bits per heavy atom. The molecule has 1 aliphatic heterocycles. The van der Waals surface area contributed by atoms with Crippen LogP contribution in [0.2, 0.25) is 0 Å². The van der Waals surface area contributed by atoms with Crippen LogP contribution in [0.5, 0.6) is 11.5 Å². The van der Waals surface area contributed by atoms with Gasteiger partial charge in [-0.25, -0.2) is 0 Å². The number of fused-ring (bicyclic) bond motifs is 2. The van der Waals surface area contributed by atoms with Crippen molar-refractivity contribution in [2.45, 2.75) is 38.6 Å². The zero-order valence-corrected chi connectivity index (χ0v) is 14.5. The van der Waals surface area contributed by atoms with Crippen LogP contribution in [-0.4, -0.2) is 19.1 Å². The van der Waals surface area contributed by atoms with Gasteiger partial charge in [-0.3, -0.25) is 4.79 Å². The van der Waals surface area contributed by atoms with Gasteiger partial charge < -0.3 is 14.8 Å². The normalized spacial score (nSPS) is 16.7. The third-order valence-electron chi connectivity index (χ3n) is 5.02. The Morgan fingerprint density at radius 1 is 0.960 bits per heavy atom. The van der Waals surface area contributed by atoms with Crippen molar-refractivity contribution < 1.29 is 14.3 Å². The predicted octanol–water partition coefficient (Wildman–Crippen LogP) is 3.83. The molecule has 1 aliphatic carbocycles. The first kappa shape index (κ1) is 16.0. The van der Waals surface area contributed by atoms with Gasteiger partial charge in [0.1, 0.15) is 13.2 Å². The van der Waals surface area contributed by atoms with E-state index in [0.29, 0.717) is 13.2 Å². The summed E-state index contributed by atoms with van der Waals surface area (Å²) in [5.41, 5.74) is 4.47. The van der Waals surface area contributed by atoms with Crippen molar-refractivity contribution in [1.29, 1.82) is 0 Å². The van der Waals surface area contributed by atoms with Crippen molar-refractivity contribution >= 4 is 5.91 Å². The highest BCUT2D eigenvalue weighted by molar-refractivity contribution is 5.94. The molecule has 4 rings (SSSR count). The van der Waals surface area contributed by atoms with Gasteiger partial charge in [-0.05, 0) is 73.6 Å². The molecule has 0 radical (unpaired) electrons. The van der Waals surface area contributed by atoms with Gasteiger partial charge in [0.2, 0.25) is 0 Å². The summed E-state index contributed by atoms with van der Waals surface area (Å²) in [6, 6.07) is 11.8. The van der Waals surface area contributed by atoms with E-state index in [2.05, 4.69) is 17.4 Å². The summed E-state index contributed by atoms with van der Waals surface area (Å²) in [5, 5.41) is 3.09. The van der Waals surface area contributed by atoms with Crippen molar-refractivity contribution in [1.82, 2.24) is 5.32 Å². The zero-order chi connectivity index (χ0) is 17.2. The Morgan fingerprint density at radius 2 is 1.72 bits per heavy atom. The second kappa shape index (κ2) is 6.79. The lowest BCUT2D eigenvalue weighted by Gasteiger charge is -2.21. The van der Waals surface area contributed by atoms with Crippen LogP contribution in [0, 0.1) is 0 Å². The molecule has 2 aliphatic rings. The van der Waals surface area contributed by atoms with Gasteiger partial charge in [0.25, 0.3) is 5.91 Å². The van der Waals surface area contributed by atoms with Crippen LogP contribution in [0.25, 0.3) is 0 Å². The highest BCUT2D eigenvalue weighted by Gasteiger charge is 2.17. The Labute approximate surface area is 148 Å². The molecule has 0 saturated carbocycles. The van der Waals surface area contributed by atoms with Gasteiger partial charge in [-0.1, -0.05) is 12.1 Å². The number of carbonyl (C=O) groups is 1. The standard InChI is InChI=1S/C21H23NO3/c1-14(16-8-9-19-20(13-16)25-11-10-24-19)22-21(23)18-7-6-15-4-2-3-5-17(15)12-18/h6-9,12-14H,2-5,10-11H2,1H3,(H,22,23)/t14-/m1/s1. The minimum absolute atomic E-state index is 0.0317. The van der Waals surface area contributed by atoms with E-state index in [1.54, 1.807) is 0 Å². The van der Waals surface area contributed by atoms with E-state index in [-0.39, 0.29) is 11.9 Å². The molecule has 0 saturated heterocycles. The lowest BCUT2D eigenvalue weighted by atomic mass is 9.90. The Kier molecular flexibility index (Phi) is 4.35. The van der Waals surface area contributed by atoms with E-state index in [9.17, 15) is 4.79 Å². The monoisotopic (exact) mass is 337 g/mol. The molecule has 0 aromatic heterocycles. The van der Waals surface area contributed by atoms with E-state index in [1.807, 2.05) is 31.2 Å². The maximum absolute atomic E-state index is 12.6. The summed E-state index contributed by atoms with van der Waals surface area (Å²) in [6.45, 7) is 3.13. The van der Waals surface area contributed by atoms with E-state index in [1.165, 1.54) is 24.0 Å². The van der Waals surface area contributed by atoms with Gasteiger partial charge in [-0.15, -0.1) is 0 Å². The molecule has 4 nitrogen and oxygen atoms in total. The summed E-state index contributed by atoms with van der Waals surface area (Å²) < 4.78 is 11.2. The second-order valence-corrected chi connectivity index (χ2v) is 6.79. The molecule has 2 aromatic rings. The van der Waals surface area contributed by atoms with E-state index in [0.717, 1.165) is 35.5 Å². The van der Waals surface area contributed by atoms with E-state index in [4.69, 9.17) is 9.47 Å². The van der Waals surface area contributed by atoms with Crippen molar-refractivity contribution in [2.24, 2.45) is 0 Å². The SMILES string of the molecule is C[C@@H](NC(=O)c1ccc2c(c1)CCCC2)c1ccc2c(c1)OCCO2. The summed E-state index contributed by atoms with van der Waals surface area (Å²) in [6.07, 6.45) is 4.67. The maximum atomic E-state index is 12.6. The molecule has 0 unspecified atom stereocenters. The average Bonchev–Trinajstić information content (AvgIpc) is 2.67. The summed E-state index contributed by atoms with van der Waals surface area (Å²) in [4.78, 5) is 12.6. The van der Waals surface area contributed by atoms with Crippen molar-refractivity contribution in [2.75, 3.05) is 13.2 Å². The molecule has 1 N–H and O–H groups in total. The molecule has 1 atom stereocenters. The van der Waals surface area contributed by atoms with Crippen LogP contribution in [-0.2, 0) is 12.8 Å². The third kappa shape index (κ3) is 3.34. The van der Waals surface area contributed by atoms with Crippen LogP contribution >= 0.6 is 0 Å². The van der Waals surface area contributed by atoms with Crippen molar-refractivity contribution in [3.05, 3.63) is 58.7 Å². The first-order chi connectivity index (χ1) is 12.2. The topological polar surface area (TPSA) is 47.6 Å². The molecule has 1 heterocycles. The molecule has 4 heteroatoms. The molecule has 0 spiro atoms. The summed E-state index contributed by atoms with van der Waals surface area (Å²) in [5.74, 6) is 1.48. The quantitative estimate of drug-likeness (QED) is 0.926. The van der Waals surface area contributed by atoms with Crippen molar-refractivity contribution in [3.8, 4) is 11.5 Å². The van der Waals surface area contributed by atoms with Gasteiger partial charge >= 0.3 is 0 Å². The fourth-order valence-corrected chi connectivity index (χ4v) is 3.57. The summed E-state index contributed by atoms with van der Waals surface area (Å²) >= 11 is 0. The number of aryl methyl sites for hydroxylation is 2. The number of hydrogen-bond donors (Lipinski definition) is 1. The predicted molar refractivity (Wildman–Crippen MR) is 96.4 cm³/mol. The Hall–Kier alpha value is -2.49. The fourth-order valence-electron chi connectivity index (χ4n) is 3.57. The zero-order valence-electron chi connectivity index (χ0n) is 14.5. The lowest BCUT2D eigenvalue weighted by molar-refractivity contribution is 0.0939. The van der Waals surface area contributed by atoms with Crippen LogP contribution in [0.15, 0.2) is 36.4 Å². The summed E-state index contributed by atoms with van der Waals surface area (Å²) in [7, 11) is 0. The minimum atomic E-state index is -0.0978. The highest BCUT2D eigenvalue weighted by atomic mass is 16.6. The highest BCUT2D eigenvalue weighted by Crippen LogP contribution is 2.32. The van der Waals surface area contributed by atoms with Crippen LogP contribution in [0.3, 0.4) is 0 Å². The lowest BCUT2D eigenvalue weighted by Crippen LogP contribution is -2.27. The molecule has 2 aromatic carbocycles. The molecular formula is C21H23NO3. The molecular weight excluding hydrogens is 314 g/mol.